The maximum absolute atomic E-state index is 12.2. The molecular weight excluding hydrogens is 334 g/mol. The second kappa shape index (κ2) is 7.57. The molecule has 3 rings (SSSR count). The van der Waals surface area contributed by atoms with Crippen molar-refractivity contribution in [1.82, 2.24) is 0 Å². The summed E-state index contributed by atoms with van der Waals surface area (Å²) in [5, 5.41) is 14.2. The van der Waals surface area contributed by atoms with Gasteiger partial charge < -0.3 is 19.9 Å². The highest BCUT2D eigenvalue weighted by atomic mass is 16.5. The number of para-hydroxylation sites is 2. The van der Waals surface area contributed by atoms with E-state index in [1.54, 1.807) is 42.5 Å². The molecule has 3 aromatic rings. The quantitative estimate of drug-likeness (QED) is 0.689. The normalized spacial score (nSPS) is 10.3. The Hall–Kier alpha value is -3.54. The molecule has 26 heavy (non-hydrogen) atoms. The molecule has 0 spiro atoms. The number of amides is 1. The number of anilines is 1. The summed E-state index contributed by atoms with van der Waals surface area (Å²) in [6.45, 7) is -0.483. The van der Waals surface area contributed by atoms with Crippen LogP contribution in [0, 0.1) is 0 Å². The number of hydrogen-bond donors (Lipinski definition) is 2. The number of hydrogen-bond acceptors (Lipinski definition) is 5. The van der Waals surface area contributed by atoms with Gasteiger partial charge in [0.2, 0.25) is 0 Å². The van der Waals surface area contributed by atoms with Crippen LogP contribution in [0.1, 0.15) is 10.4 Å². The zero-order chi connectivity index (χ0) is 18.5. The number of benzene rings is 3. The summed E-state index contributed by atoms with van der Waals surface area (Å²) in [5.41, 5.74) is 0.485. The lowest BCUT2D eigenvalue weighted by Crippen LogP contribution is -2.21. The summed E-state index contributed by atoms with van der Waals surface area (Å²) in [5.74, 6) is -0.954. The number of rotatable bonds is 5. The van der Waals surface area contributed by atoms with E-state index >= 15 is 0 Å². The first-order valence-electron chi connectivity index (χ1n) is 7.91. The number of esters is 1. The van der Waals surface area contributed by atoms with Gasteiger partial charge in [0.25, 0.3) is 5.91 Å². The first-order valence-corrected chi connectivity index (χ1v) is 7.91. The van der Waals surface area contributed by atoms with Crippen LogP contribution in [0.15, 0.2) is 60.7 Å². The predicted molar refractivity (Wildman–Crippen MR) is 97.5 cm³/mol. The van der Waals surface area contributed by atoms with Gasteiger partial charge in [-0.2, -0.15) is 0 Å². The second-order valence-electron chi connectivity index (χ2n) is 5.51. The zero-order valence-electron chi connectivity index (χ0n) is 14.1. The standard InChI is InChI=1S/C20H17NO5/c1-25-17-9-5-4-8-16(17)21-18(22)12-26-20(24)15-11-10-13-6-2-3-7-14(13)19(15)23/h2-11,23H,12H2,1H3,(H,21,22). The molecule has 6 nitrogen and oxygen atoms in total. The van der Waals surface area contributed by atoms with Crippen LogP contribution in [-0.4, -0.2) is 30.7 Å². The van der Waals surface area contributed by atoms with Gasteiger partial charge in [0, 0.05) is 5.39 Å². The molecule has 0 radical (unpaired) electrons. The lowest BCUT2D eigenvalue weighted by molar-refractivity contribution is -0.119. The molecule has 3 aromatic carbocycles. The summed E-state index contributed by atoms with van der Waals surface area (Å²) >= 11 is 0. The van der Waals surface area contributed by atoms with Crippen molar-refractivity contribution in [2.45, 2.75) is 0 Å². The fraction of sp³-hybridized carbons (Fsp3) is 0.100. The fourth-order valence-electron chi connectivity index (χ4n) is 2.56. The molecule has 0 unspecified atom stereocenters. The molecule has 0 bridgehead atoms. The van der Waals surface area contributed by atoms with Crippen LogP contribution in [0.3, 0.4) is 0 Å². The highest BCUT2D eigenvalue weighted by Gasteiger charge is 2.17. The summed E-state index contributed by atoms with van der Waals surface area (Å²) in [7, 11) is 1.49. The number of ether oxygens (including phenoxy) is 2. The SMILES string of the molecule is COc1ccccc1NC(=O)COC(=O)c1ccc2ccccc2c1O. The Labute approximate surface area is 150 Å². The second-order valence-corrected chi connectivity index (χ2v) is 5.51. The van der Waals surface area contributed by atoms with Gasteiger partial charge in [-0.25, -0.2) is 4.79 Å². The summed E-state index contributed by atoms with van der Waals surface area (Å²) in [4.78, 5) is 24.2. The molecule has 0 aromatic heterocycles. The van der Waals surface area contributed by atoms with E-state index in [-0.39, 0.29) is 11.3 Å². The number of fused-ring (bicyclic) bond motifs is 1. The topological polar surface area (TPSA) is 84.9 Å². The van der Waals surface area contributed by atoms with Crippen LogP contribution in [0.25, 0.3) is 10.8 Å². The van der Waals surface area contributed by atoms with Gasteiger partial charge in [-0.15, -0.1) is 0 Å². The number of methoxy groups -OCH3 is 1. The van der Waals surface area contributed by atoms with Gasteiger partial charge in [0.1, 0.15) is 17.1 Å². The Morgan fingerprint density at radius 2 is 1.73 bits per heavy atom. The van der Waals surface area contributed by atoms with E-state index in [0.29, 0.717) is 16.8 Å². The number of carbonyl (C=O) groups is 2. The lowest BCUT2D eigenvalue weighted by atomic mass is 10.1. The van der Waals surface area contributed by atoms with Crippen LogP contribution < -0.4 is 10.1 Å². The van der Waals surface area contributed by atoms with Crippen LogP contribution in [0.4, 0.5) is 5.69 Å². The number of phenolic OH excluding ortho intramolecular Hbond substituents is 1. The van der Waals surface area contributed by atoms with E-state index in [4.69, 9.17) is 9.47 Å². The van der Waals surface area contributed by atoms with Crippen molar-refractivity contribution in [2.75, 3.05) is 19.0 Å². The number of nitrogens with one attached hydrogen (secondary N) is 1. The van der Waals surface area contributed by atoms with Crippen molar-refractivity contribution in [2.24, 2.45) is 0 Å². The molecule has 6 heteroatoms. The Kier molecular flexibility index (Phi) is 5.03. The van der Waals surface area contributed by atoms with Gasteiger partial charge in [-0.3, -0.25) is 4.79 Å². The van der Waals surface area contributed by atoms with Gasteiger partial charge in [-0.05, 0) is 23.6 Å². The largest absolute Gasteiger partial charge is 0.506 e. The number of phenols is 1. The molecule has 132 valence electrons. The molecule has 2 N–H and O–H groups in total. The average molecular weight is 351 g/mol. The predicted octanol–water partition coefficient (Wildman–Crippen LogP) is 3.35. The third kappa shape index (κ3) is 3.59. The fourth-order valence-corrected chi connectivity index (χ4v) is 2.56. The van der Waals surface area contributed by atoms with Gasteiger partial charge in [0.05, 0.1) is 12.8 Å². The van der Waals surface area contributed by atoms with Crippen molar-refractivity contribution in [1.29, 1.82) is 0 Å². The molecule has 0 aliphatic heterocycles. The molecule has 0 heterocycles. The Bertz CT molecular complexity index is 967. The van der Waals surface area contributed by atoms with Gasteiger partial charge >= 0.3 is 5.97 Å². The van der Waals surface area contributed by atoms with Gasteiger partial charge in [-0.1, -0.05) is 42.5 Å². The number of aromatic hydroxyl groups is 1. The van der Waals surface area contributed by atoms with Crippen molar-refractivity contribution >= 4 is 28.3 Å². The van der Waals surface area contributed by atoms with Crippen molar-refractivity contribution < 1.29 is 24.2 Å². The Balaban J connectivity index is 1.67. The van der Waals surface area contributed by atoms with E-state index in [1.807, 2.05) is 12.1 Å². The van der Waals surface area contributed by atoms with E-state index in [0.717, 1.165) is 5.39 Å². The molecule has 0 aliphatic rings. The maximum atomic E-state index is 12.2. The van der Waals surface area contributed by atoms with Gasteiger partial charge in [0.15, 0.2) is 6.61 Å². The molecule has 0 aliphatic carbocycles. The summed E-state index contributed by atoms with van der Waals surface area (Å²) < 4.78 is 10.2. The Morgan fingerprint density at radius 1 is 1.00 bits per heavy atom. The summed E-state index contributed by atoms with van der Waals surface area (Å²) in [6, 6.07) is 17.2. The highest BCUT2D eigenvalue weighted by molar-refractivity contribution is 6.02. The monoisotopic (exact) mass is 351 g/mol. The minimum Gasteiger partial charge on any atom is -0.506 e. The molecule has 0 saturated heterocycles. The average Bonchev–Trinajstić information content (AvgIpc) is 2.67. The molecule has 0 saturated carbocycles. The van der Waals surface area contributed by atoms with Crippen molar-refractivity contribution in [3.63, 3.8) is 0 Å². The van der Waals surface area contributed by atoms with Crippen molar-refractivity contribution in [3.05, 3.63) is 66.2 Å². The van der Waals surface area contributed by atoms with Crippen LogP contribution in [-0.2, 0) is 9.53 Å². The smallest absolute Gasteiger partial charge is 0.342 e. The van der Waals surface area contributed by atoms with Crippen LogP contribution in [0.2, 0.25) is 0 Å². The zero-order valence-corrected chi connectivity index (χ0v) is 14.1. The molecule has 0 atom stereocenters. The molecule has 1 amide bonds. The third-order valence-corrected chi connectivity index (χ3v) is 3.84. The van der Waals surface area contributed by atoms with Crippen molar-refractivity contribution in [3.8, 4) is 11.5 Å². The highest BCUT2D eigenvalue weighted by Crippen LogP contribution is 2.29. The van der Waals surface area contributed by atoms with E-state index in [1.165, 1.54) is 13.2 Å². The van der Waals surface area contributed by atoms with Crippen LogP contribution >= 0.6 is 0 Å². The lowest BCUT2D eigenvalue weighted by Gasteiger charge is -2.11. The third-order valence-electron chi connectivity index (χ3n) is 3.84. The number of carbonyl (C=O) groups excluding carboxylic acids is 2. The minimum atomic E-state index is -0.775. The first-order chi connectivity index (χ1) is 12.6. The van der Waals surface area contributed by atoms with E-state index in [2.05, 4.69) is 5.32 Å². The van der Waals surface area contributed by atoms with Crippen LogP contribution in [0.5, 0.6) is 11.5 Å². The van der Waals surface area contributed by atoms with E-state index in [9.17, 15) is 14.7 Å². The first kappa shape index (κ1) is 17.3. The Morgan fingerprint density at radius 3 is 2.54 bits per heavy atom. The molecular formula is C20H17NO5. The molecule has 0 fully saturated rings. The summed E-state index contributed by atoms with van der Waals surface area (Å²) in [6.07, 6.45) is 0. The van der Waals surface area contributed by atoms with E-state index < -0.39 is 18.5 Å². The minimum absolute atomic E-state index is 0.00814. The maximum Gasteiger partial charge on any atom is 0.342 e.